The molecule has 110 valence electrons. The topological polar surface area (TPSA) is 92.2 Å². The maximum Gasteiger partial charge on any atom is 0.335 e. The first-order valence-corrected chi connectivity index (χ1v) is 6.57. The Hall–Kier alpha value is -3.15. The zero-order valence-corrected chi connectivity index (χ0v) is 11.7. The standard InChI is InChI=1S/C16H12N2O4/c1-9-2-7-13-12(8-9)14(19)18(16(22)17-13)11-5-3-10(4-6-11)15(20)21/h2-8H,1H3,(H,17,22)(H,20,21). The molecule has 1 aromatic heterocycles. The number of hydrogen-bond donors (Lipinski definition) is 2. The highest BCUT2D eigenvalue weighted by molar-refractivity contribution is 5.87. The molecule has 0 saturated carbocycles. The minimum Gasteiger partial charge on any atom is -0.478 e. The van der Waals surface area contributed by atoms with Crippen LogP contribution >= 0.6 is 0 Å². The van der Waals surface area contributed by atoms with Gasteiger partial charge in [-0.15, -0.1) is 0 Å². The highest BCUT2D eigenvalue weighted by Gasteiger charge is 2.10. The summed E-state index contributed by atoms with van der Waals surface area (Å²) in [7, 11) is 0. The molecule has 6 nitrogen and oxygen atoms in total. The van der Waals surface area contributed by atoms with Crippen LogP contribution in [0.15, 0.2) is 52.1 Å². The van der Waals surface area contributed by atoms with E-state index in [0.29, 0.717) is 16.6 Å². The van der Waals surface area contributed by atoms with Gasteiger partial charge in [0.25, 0.3) is 5.56 Å². The number of hydrogen-bond acceptors (Lipinski definition) is 3. The van der Waals surface area contributed by atoms with Crippen molar-refractivity contribution in [3.05, 3.63) is 74.4 Å². The van der Waals surface area contributed by atoms with Crippen molar-refractivity contribution in [1.82, 2.24) is 9.55 Å². The highest BCUT2D eigenvalue weighted by atomic mass is 16.4. The summed E-state index contributed by atoms with van der Waals surface area (Å²) < 4.78 is 0.993. The summed E-state index contributed by atoms with van der Waals surface area (Å²) in [5, 5.41) is 9.30. The summed E-state index contributed by atoms with van der Waals surface area (Å²) in [5.74, 6) is -1.07. The highest BCUT2D eigenvalue weighted by Crippen LogP contribution is 2.10. The Morgan fingerprint density at radius 2 is 1.77 bits per heavy atom. The van der Waals surface area contributed by atoms with Crippen molar-refractivity contribution in [2.24, 2.45) is 0 Å². The summed E-state index contributed by atoms with van der Waals surface area (Å²) in [6.45, 7) is 1.86. The number of aromatic carboxylic acids is 1. The predicted octanol–water partition coefficient (Wildman–Crippen LogP) is 1.69. The molecule has 0 unspecified atom stereocenters. The van der Waals surface area contributed by atoms with Crippen LogP contribution in [0.25, 0.3) is 16.6 Å². The van der Waals surface area contributed by atoms with E-state index >= 15 is 0 Å². The largest absolute Gasteiger partial charge is 0.478 e. The molecule has 3 aromatic rings. The third-order valence-corrected chi connectivity index (χ3v) is 3.43. The Balaban J connectivity index is 2.28. The van der Waals surface area contributed by atoms with Crippen LogP contribution in [-0.2, 0) is 0 Å². The van der Waals surface area contributed by atoms with Gasteiger partial charge in [-0.05, 0) is 43.3 Å². The van der Waals surface area contributed by atoms with Gasteiger partial charge < -0.3 is 10.1 Å². The van der Waals surface area contributed by atoms with E-state index in [0.717, 1.165) is 10.1 Å². The van der Waals surface area contributed by atoms with Crippen LogP contribution in [0.4, 0.5) is 0 Å². The zero-order valence-electron chi connectivity index (χ0n) is 11.7. The smallest absolute Gasteiger partial charge is 0.335 e. The Kier molecular flexibility index (Phi) is 3.14. The molecule has 6 heteroatoms. The predicted molar refractivity (Wildman–Crippen MR) is 81.9 cm³/mol. The normalized spacial score (nSPS) is 10.8. The van der Waals surface area contributed by atoms with Crippen molar-refractivity contribution >= 4 is 16.9 Å². The summed E-state index contributed by atoms with van der Waals surface area (Å²) in [6.07, 6.45) is 0. The summed E-state index contributed by atoms with van der Waals surface area (Å²) in [5.41, 5.74) is 0.780. The monoisotopic (exact) mass is 296 g/mol. The number of nitrogens with zero attached hydrogens (tertiary/aromatic N) is 1. The van der Waals surface area contributed by atoms with Crippen LogP contribution in [0.2, 0.25) is 0 Å². The Morgan fingerprint density at radius 3 is 2.41 bits per heavy atom. The first kappa shape index (κ1) is 13.8. The summed E-state index contributed by atoms with van der Waals surface area (Å²) in [4.78, 5) is 38.2. The van der Waals surface area contributed by atoms with E-state index in [2.05, 4.69) is 4.98 Å². The quantitative estimate of drug-likeness (QED) is 0.752. The maximum absolute atomic E-state index is 12.5. The van der Waals surface area contributed by atoms with Crippen molar-refractivity contribution < 1.29 is 9.90 Å². The summed E-state index contributed by atoms with van der Waals surface area (Å²) >= 11 is 0. The third kappa shape index (κ3) is 2.20. The van der Waals surface area contributed by atoms with Crippen LogP contribution in [0, 0.1) is 6.92 Å². The molecule has 0 aliphatic carbocycles. The number of aromatic amines is 1. The number of rotatable bonds is 2. The van der Waals surface area contributed by atoms with Crippen LogP contribution < -0.4 is 11.2 Å². The fourth-order valence-electron chi connectivity index (χ4n) is 2.32. The van der Waals surface area contributed by atoms with Gasteiger partial charge >= 0.3 is 11.7 Å². The molecular formula is C16H12N2O4. The lowest BCUT2D eigenvalue weighted by Crippen LogP contribution is -2.33. The van der Waals surface area contributed by atoms with E-state index in [1.165, 1.54) is 24.3 Å². The van der Waals surface area contributed by atoms with Gasteiger partial charge in [-0.1, -0.05) is 11.6 Å². The van der Waals surface area contributed by atoms with Gasteiger partial charge in [0.15, 0.2) is 0 Å². The first-order valence-electron chi connectivity index (χ1n) is 6.57. The minimum absolute atomic E-state index is 0.0878. The summed E-state index contributed by atoms with van der Waals surface area (Å²) in [6, 6.07) is 10.8. The van der Waals surface area contributed by atoms with E-state index in [9.17, 15) is 14.4 Å². The Bertz CT molecular complexity index is 997. The molecule has 0 radical (unpaired) electrons. The van der Waals surface area contributed by atoms with Crippen molar-refractivity contribution in [3.8, 4) is 5.69 Å². The van der Waals surface area contributed by atoms with Gasteiger partial charge in [0.1, 0.15) is 0 Å². The fraction of sp³-hybridized carbons (Fsp3) is 0.0625. The minimum atomic E-state index is -1.07. The second-order valence-electron chi connectivity index (χ2n) is 4.97. The number of fused-ring (bicyclic) bond motifs is 1. The van der Waals surface area contributed by atoms with E-state index in [1.54, 1.807) is 12.1 Å². The fourth-order valence-corrected chi connectivity index (χ4v) is 2.32. The molecule has 1 heterocycles. The molecule has 0 fully saturated rings. The van der Waals surface area contributed by atoms with Crippen molar-refractivity contribution in [3.63, 3.8) is 0 Å². The molecule has 2 N–H and O–H groups in total. The van der Waals surface area contributed by atoms with Gasteiger partial charge in [0, 0.05) is 0 Å². The van der Waals surface area contributed by atoms with E-state index in [1.807, 2.05) is 13.0 Å². The van der Waals surface area contributed by atoms with Gasteiger partial charge in [-0.3, -0.25) is 4.79 Å². The van der Waals surface area contributed by atoms with Crippen molar-refractivity contribution in [1.29, 1.82) is 0 Å². The van der Waals surface area contributed by atoms with Crippen LogP contribution in [0.5, 0.6) is 0 Å². The number of carboxylic acids is 1. The lowest BCUT2D eigenvalue weighted by Gasteiger charge is -2.07. The van der Waals surface area contributed by atoms with Crippen LogP contribution in [0.3, 0.4) is 0 Å². The first-order chi connectivity index (χ1) is 10.5. The Morgan fingerprint density at radius 1 is 1.09 bits per heavy atom. The SMILES string of the molecule is Cc1ccc2[nH]c(=O)n(-c3ccc(C(=O)O)cc3)c(=O)c2c1. The number of H-pyrrole nitrogens is 1. The molecule has 3 rings (SSSR count). The van der Waals surface area contributed by atoms with E-state index in [-0.39, 0.29) is 5.56 Å². The average molecular weight is 296 g/mol. The number of carbonyl (C=O) groups is 1. The van der Waals surface area contributed by atoms with Crippen molar-refractivity contribution in [2.75, 3.05) is 0 Å². The number of nitrogens with one attached hydrogen (secondary N) is 1. The molecule has 22 heavy (non-hydrogen) atoms. The zero-order chi connectivity index (χ0) is 15.9. The number of carboxylic acid groups (broad SMARTS) is 1. The molecule has 0 atom stereocenters. The van der Waals surface area contributed by atoms with Gasteiger partial charge in [-0.25, -0.2) is 14.2 Å². The van der Waals surface area contributed by atoms with E-state index in [4.69, 9.17) is 5.11 Å². The lowest BCUT2D eigenvalue weighted by molar-refractivity contribution is 0.0697. The third-order valence-electron chi connectivity index (χ3n) is 3.43. The van der Waals surface area contributed by atoms with Gasteiger partial charge in [-0.2, -0.15) is 0 Å². The van der Waals surface area contributed by atoms with Gasteiger partial charge in [0.05, 0.1) is 22.2 Å². The number of benzene rings is 2. The molecule has 2 aromatic carbocycles. The van der Waals surface area contributed by atoms with E-state index < -0.39 is 17.2 Å². The molecule has 0 amide bonds. The molecule has 0 bridgehead atoms. The lowest BCUT2D eigenvalue weighted by atomic mass is 10.1. The second kappa shape index (κ2) is 5.00. The van der Waals surface area contributed by atoms with Gasteiger partial charge in [0.2, 0.25) is 0 Å². The molecular weight excluding hydrogens is 284 g/mol. The Labute approximate surface area is 124 Å². The molecule has 0 aliphatic heterocycles. The molecule has 0 saturated heterocycles. The average Bonchev–Trinajstić information content (AvgIpc) is 2.49. The maximum atomic E-state index is 12.5. The molecule has 0 spiro atoms. The van der Waals surface area contributed by atoms with Crippen LogP contribution in [-0.4, -0.2) is 20.6 Å². The second-order valence-corrected chi connectivity index (χ2v) is 4.97. The van der Waals surface area contributed by atoms with Crippen LogP contribution in [0.1, 0.15) is 15.9 Å². The number of aromatic nitrogens is 2. The number of aryl methyl sites for hydroxylation is 1. The molecule has 0 aliphatic rings. The van der Waals surface area contributed by atoms with Crippen molar-refractivity contribution in [2.45, 2.75) is 6.92 Å².